The fraction of sp³-hybridized carbons (Fsp3) is 0.400. The Morgan fingerprint density at radius 3 is 2.32 bits per heavy atom. The highest BCUT2D eigenvalue weighted by Gasteiger charge is 2.23. The molecule has 0 unspecified atom stereocenters. The van der Waals surface area contributed by atoms with Gasteiger partial charge in [-0.25, -0.2) is 21.6 Å². The Bertz CT molecular complexity index is 1120. The molecule has 13 heteroatoms. The molecule has 154 valence electrons. The van der Waals surface area contributed by atoms with Crippen molar-refractivity contribution in [2.75, 3.05) is 24.7 Å². The van der Waals surface area contributed by atoms with Gasteiger partial charge in [-0.15, -0.1) is 0 Å². The third kappa shape index (κ3) is 4.66. The van der Waals surface area contributed by atoms with Crippen molar-refractivity contribution in [2.45, 2.75) is 23.6 Å². The molecular formula is C15H21N5O6S2. The number of nitrogens with one attached hydrogen (secondary N) is 2. The van der Waals surface area contributed by atoms with E-state index < -0.39 is 30.5 Å². The van der Waals surface area contributed by atoms with E-state index in [9.17, 15) is 26.9 Å². The van der Waals surface area contributed by atoms with Gasteiger partial charge in [0.15, 0.2) is 9.84 Å². The summed E-state index contributed by atoms with van der Waals surface area (Å²) < 4.78 is 51.9. The highest BCUT2D eigenvalue weighted by Crippen LogP contribution is 2.27. The van der Waals surface area contributed by atoms with Gasteiger partial charge in [-0.05, 0) is 26.0 Å². The lowest BCUT2D eigenvalue weighted by molar-refractivity contribution is -0.384. The summed E-state index contributed by atoms with van der Waals surface area (Å²) in [5, 5.41) is 18.0. The van der Waals surface area contributed by atoms with E-state index in [4.69, 9.17) is 0 Å². The van der Waals surface area contributed by atoms with Crippen LogP contribution < -0.4 is 10.0 Å². The van der Waals surface area contributed by atoms with E-state index in [1.807, 2.05) is 0 Å². The van der Waals surface area contributed by atoms with Crippen LogP contribution in [0.15, 0.2) is 28.0 Å². The van der Waals surface area contributed by atoms with Gasteiger partial charge in [-0.2, -0.15) is 5.10 Å². The highest BCUT2D eigenvalue weighted by atomic mass is 32.2. The lowest BCUT2D eigenvalue weighted by atomic mass is 10.2. The Kier molecular flexibility index (Phi) is 6.11. The number of hydrogen-bond donors (Lipinski definition) is 2. The van der Waals surface area contributed by atoms with E-state index in [1.54, 1.807) is 20.9 Å². The number of aryl methyl sites for hydroxylation is 2. The third-order valence-electron chi connectivity index (χ3n) is 4.04. The second-order valence-corrected chi connectivity index (χ2v) is 9.88. The van der Waals surface area contributed by atoms with Crippen molar-refractivity contribution in [3.8, 4) is 0 Å². The summed E-state index contributed by atoms with van der Waals surface area (Å²) in [5.74, 6) is 0. The fourth-order valence-electron chi connectivity index (χ4n) is 2.64. The number of sulfonamides is 1. The zero-order chi connectivity index (χ0) is 21.3. The Balaban J connectivity index is 2.10. The predicted octanol–water partition coefficient (Wildman–Crippen LogP) is 0.739. The molecule has 11 nitrogen and oxygen atoms in total. The summed E-state index contributed by atoms with van der Waals surface area (Å²) in [6.07, 6.45) is 0.955. The minimum atomic E-state index is -3.79. The van der Waals surface area contributed by atoms with Crippen molar-refractivity contribution in [3.63, 3.8) is 0 Å². The Hall–Kier alpha value is -2.51. The molecule has 0 radical (unpaired) electrons. The number of anilines is 1. The molecule has 0 bridgehead atoms. The zero-order valence-electron chi connectivity index (χ0n) is 15.8. The summed E-state index contributed by atoms with van der Waals surface area (Å²) in [6, 6.07) is 3.49. The standard InChI is InChI=1S/C15H21N5O6S2/c1-10-15(11(2)19(3)18-10)28(25,26)17-8-7-16-13-6-5-12(27(4,23)24)9-14(13)20(21)22/h5-6,9,16-17H,7-8H2,1-4H3. The van der Waals surface area contributed by atoms with Crippen LogP contribution in [-0.2, 0) is 26.9 Å². The van der Waals surface area contributed by atoms with Gasteiger partial charge in [0.25, 0.3) is 5.69 Å². The van der Waals surface area contributed by atoms with Crippen molar-refractivity contribution in [1.29, 1.82) is 0 Å². The molecule has 2 rings (SSSR count). The van der Waals surface area contributed by atoms with Gasteiger partial charge in [0.05, 0.1) is 21.2 Å². The van der Waals surface area contributed by atoms with Crippen molar-refractivity contribution < 1.29 is 21.8 Å². The van der Waals surface area contributed by atoms with Crippen LogP contribution in [0.25, 0.3) is 0 Å². The van der Waals surface area contributed by atoms with Crippen LogP contribution in [0.4, 0.5) is 11.4 Å². The zero-order valence-corrected chi connectivity index (χ0v) is 17.4. The molecule has 0 aliphatic rings. The molecule has 2 aromatic rings. The summed E-state index contributed by atoms with van der Waals surface area (Å²) in [6.45, 7) is 3.24. The SMILES string of the molecule is Cc1nn(C)c(C)c1S(=O)(=O)NCCNc1ccc(S(C)(=O)=O)cc1[N+](=O)[O-]. The molecule has 0 spiro atoms. The fourth-order valence-corrected chi connectivity index (χ4v) is 4.75. The third-order valence-corrected chi connectivity index (χ3v) is 6.86. The van der Waals surface area contributed by atoms with Gasteiger partial charge >= 0.3 is 0 Å². The number of rotatable bonds is 8. The summed E-state index contributed by atoms with van der Waals surface area (Å²) >= 11 is 0. The average Bonchev–Trinajstić information content (AvgIpc) is 2.83. The number of benzene rings is 1. The van der Waals surface area contributed by atoms with Crippen LogP contribution in [0.3, 0.4) is 0 Å². The van der Waals surface area contributed by atoms with Crippen LogP contribution in [0, 0.1) is 24.0 Å². The van der Waals surface area contributed by atoms with E-state index in [1.165, 1.54) is 16.8 Å². The normalized spacial score (nSPS) is 12.1. The van der Waals surface area contributed by atoms with Crippen molar-refractivity contribution >= 4 is 31.2 Å². The number of nitro benzene ring substituents is 1. The lowest BCUT2D eigenvalue weighted by Gasteiger charge is -2.10. The number of nitrogens with zero attached hydrogens (tertiary/aromatic N) is 3. The highest BCUT2D eigenvalue weighted by molar-refractivity contribution is 7.90. The average molecular weight is 431 g/mol. The van der Waals surface area contributed by atoms with Gasteiger partial charge in [0.2, 0.25) is 10.0 Å². The molecule has 0 saturated carbocycles. The maximum atomic E-state index is 12.5. The quantitative estimate of drug-likeness (QED) is 0.352. The molecule has 2 N–H and O–H groups in total. The van der Waals surface area contributed by atoms with Crippen LogP contribution >= 0.6 is 0 Å². The maximum absolute atomic E-state index is 12.5. The van der Waals surface area contributed by atoms with Crippen LogP contribution in [0.5, 0.6) is 0 Å². The molecule has 0 amide bonds. The Morgan fingerprint density at radius 1 is 1.18 bits per heavy atom. The van der Waals surface area contributed by atoms with E-state index in [0.29, 0.717) is 11.4 Å². The van der Waals surface area contributed by atoms with Gasteiger partial charge in [-0.1, -0.05) is 0 Å². The summed E-state index contributed by atoms with van der Waals surface area (Å²) in [7, 11) is -5.74. The van der Waals surface area contributed by atoms with Crippen LogP contribution in [0.2, 0.25) is 0 Å². The molecule has 28 heavy (non-hydrogen) atoms. The van der Waals surface area contributed by atoms with Gasteiger partial charge < -0.3 is 5.32 Å². The van der Waals surface area contributed by atoms with Crippen LogP contribution in [0.1, 0.15) is 11.4 Å². The van der Waals surface area contributed by atoms with Crippen LogP contribution in [-0.4, -0.2) is 50.9 Å². The molecule has 1 aromatic heterocycles. The molecular weight excluding hydrogens is 410 g/mol. The molecule has 1 aromatic carbocycles. The first-order valence-corrected chi connectivity index (χ1v) is 11.4. The van der Waals surface area contributed by atoms with E-state index in [2.05, 4.69) is 15.1 Å². The number of nitro groups is 1. The van der Waals surface area contributed by atoms with Crippen molar-refractivity contribution in [1.82, 2.24) is 14.5 Å². The largest absolute Gasteiger partial charge is 0.378 e. The smallest absolute Gasteiger partial charge is 0.293 e. The van der Waals surface area contributed by atoms with Gasteiger partial charge in [0, 0.05) is 32.5 Å². The van der Waals surface area contributed by atoms with Gasteiger partial charge in [-0.3, -0.25) is 14.8 Å². The Labute approximate surface area is 162 Å². The summed E-state index contributed by atoms with van der Waals surface area (Å²) in [4.78, 5) is 10.4. The van der Waals surface area contributed by atoms with E-state index >= 15 is 0 Å². The minimum absolute atomic E-state index is 0.0406. The topological polar surface area (TPSA) is 153 Å². The molecule has 0 saturated heterocycles. The number of sulfone groups is 1. The van der Waals surface area contributed by atoms with Gasteiger partial charge in [0.1, 0.15) is 10.6 Å². The first-order chi connectivity index (χ1) is 12.8. The molecule has 0 aliphatic heterocycles. The maximum Gasteiger partial charge on any atom is 0.293 e. The lowest BCUT2D eigenvalue weighted by Crippen LogP contribution is -2.29. The number of hydrogen-bond acceptors (Lipinski definition) is 8. The second kappa shape index (κ2) is 7.85. The molecule has 0 atom stereocenters. The van der Waals surface area contributed by atoms with Crippen molar-refractivity contribution in [3.05, 3.63) is 39.7 Å². The predicted molar refractivity (Wildman–Crippen MR) is 103 cm³/mol. The molecule has 0 aliphatic carbocycles. The monoisotopic (exact) mass is 431 g/mol. The minimum Gasteiger partial charge on any atom is -0.378 e. The number of aromatic nitrogens is 2. The second-order valence-electron chi connectivity index (χ2n) is 6.16. The Morgan fingerprint density at radius 2 is 1.82 bits per heavy atom. The van der Waals surface area contributed by atoms with E-state index in [-0.39, 0.29) is 28.6 Å². The summed E-state index contributed by atoms with van der Waals surface area (Å²) in [5.41, 5.74) is 0.535. The first-order valence-electron chi connectivity index (χ1n) is 8.07. The van der Waals surface area contributed by atoms with Crippen molar-refractivity contribution in [2.24, 2.45) is 7.05 Å². The van der Waals surface area contributed by atoms with E-state index in [0.717, 1.165) is 12.3 Å². The molecule has 1 heterocycles. The first kappa shape index (κ1) is 21.8. The molecule has 0 fully saturated rings.